The normalized spacial score (nSPS) is 17.6. The van der Waals surface area contributed by atoms with Gasteiger partial charge < -0.3 is 18.9 Å². The first-order chi connectivity index (χ1) is 14.1. The maximum absolute atomic E-state index is 13.6. The predicted octanol–water partition coefficient (Wildman–Crippen LogP) is 5.33. The van der Waals surface area contributed by atoms with Gasteiger partial charge in [0, 0.05) is 28.3 Å². The zero-order chi connectivity index (χ0) is 21.7. The summed E-state index contributed by atoms with van der Waals surface area (Å²) in [6.07, 6.45) is 5.85. The predicted molar refractivity (Wildman–Crippen MR) is 117 cm³/mol. The topological polar surface area (TPSA) is 54.0 Å². The number of carbonyl (C=O) groups is 1. The first kappa shape index (κ1) is 20.1. The second-order valence-electron chi connectivity index (χ2n) is 8.59. The van der Waals surface area contributed by atoms with Crippen LogP contribution in [0.4, 0.5) is 0 Å². The van der Waals surface area contributed by atoms with Crippen LogP contribution < -0.4 is 18.9 Å². The van der Waals surface area contributed by atoms with Crippen molar-refractivity contribution in [3.8, 4) is 23.0 Å². The number of allylic oxidation sites excluding steroid dienone is 1. The summed E-state index contributed by atoms with van der Waals surface area (Å²) in [6.45, 7) is 7.84. The summed E-state index contributed by atoms with van der Waals surface area (Å²) in [5.74, 6) is 2.38. The second kappa shape index (κ2) is 6.94. The van der Waals surface area contributed by atoms with E-state index in [2.05, 4.69) is 0 Å². The highest BCUT2D eigenvalue weighted by Crippen LogP contribution is 2.44. The van der Waals surface area contributed by atoms with Crippen LogP contribution in [0.3, 0.4) is 0 Å². The molecule has 5 nitrogen and oxygen atoms in total. The van der Waals surface area contributed by atoms with Gasteiger partial charge in [-0.2, -0.15) is 0 Å². The molecule has 0 bridgehead atoms. The number of methoxy groups -OCH3 is 2. The molecular formula is C25H26O5. The summed E-state index contributed by atoms with van der Waals surface area (Å²) in [4.78, 5) is 13.6. The lowest BCUT2D eigenvalue weighted by Gasteiger charge is -2.31. The summed E-state index contributed by atoms with van der Waals surface area (Å²) >= 11 is 0. The standard InChI is InChI=1S/C25H26O5/c1-24(2)10-9-15-11-16(7-8-19(15)29-24)23(26)18-14-25(3,4)30-20-13-22(28-6)21(27-5)12-17(18)20/h7-14H,1-6H3. The van der Waals surface area contributed by atoms with E-state index in [1.807, 2.05) is 58.1 Å². The lowest BCUT2D eigenvalue weighted by atomic mass is 9.88. The van der Waals surface area contributed by atoms with Crippen LogP contribution in [0.2, 0.25) is 0 Å². The maximum Gasteiger partial charge on any atom is 0.193 e. The van der Waals surface area contributed by atoms with Crippen molar-refractivity contribution in [3.63, 3.8) is 0 Å². The van der Waals surface area contributed by atoms with Gasteiger partial charge in [0.1, 0.15) is 22.7 Å². The van der Waals surface area contributed by atoms with Gasteiger partial charge in [-0.1, -0.05) is 6.08 Å². The fraction of sp³-hybridized carbons (Fsp3) is 0.320. The molecule has 0 saturated carbocycles. The molecule has 0 amide bonds. The maximum atomic E-state index is 13.6. The Balaban J connectivity index is 1.79. The smallest absolute Gasteiger partial charge is 0.193 e. The molecule has 2 aliphatic heterocycles. The molecule has 5 heteroatoms. The van der Waals surface area contributed by atoms with Gasteiger partial charge in [-0.25, -0.2) is 0 Å². The van der Waals surface area contributed by atoms with Gasteiger partial charge in [0.25, 0.3) is 0 Å². The molecule has 0 radical (unpaired) electrons. The van der Waals surface area contributed by atoms with E-state index in [4.69, 9.17) is 18.9 Å². The monoisotopic (exact) mass is 406 g/mol. The number of hydrogen-bond donors (Lipinski definition) is 0. The minimum atomic E-state index is -0.640. The summed E-state index contributed by atoms with van der Waals surface area (Å²) < 4.78 is 22.9. The van der Waals surface area contributed by atoms with E-state index in [1.54, 1.807) is 32.4 Å². The van der Waals surface area contributed by atoms with Crippen LogP contribution in [0.5, 0.6) is 23.0 Å². The van der Waals surface area contributed by atoms with E-state index in [0.717, 1.165) is 11.3 Å². The van der Waals surface area contributed by atoms with Crippen molar-refractivity contribution in [2.24, 2.45) is 0 Å². The van der Waals surface area contributed by atoms with Crippen molar-refractivity contribution in [2.45, 2.75) is 38.9 Å². The molecule has 2 aromatic rings. The molecule has 0 fully saturated rings. The molecule has 0 N–H and O–H groups in total. The molecule has 0 atom stereocenters. The molecular weight excluding hydrogens is 380 g/mol. The van der Waals surface area contributed by atoms with Gasteiger partial charge in [-0.15, -0.1) is 0 Å². The van der Waals surface area contributed by atoms with Crippen molar-refractivity contribution in [1.29, 1.82) is 0 Å². The quantitative estimate of drug-likeness (QED) is 0.643. The number of fused-ring (bicyclic) bond motifs is 2. The molecule has 30 heavy (non-hydrogen) atoms. The van der Waals surface area contributed by atoms with E-state index in [9.17, 15) is 4.79 Å². The lowest BCUT2D eigenvalue weighted by Crippen LogP contribution is -2.30. The number of hydrogen-bond acceptors (Lipinski definition) is 5. The molecule has 0 unspecified atom stereocenters. The van der Waals surface area contributed by atoms with Crippen LogP contribution in [0.1, 0.15) is 49.2 Å². The number of rotatable bonds is 4. The van der Waals surface area contributed by atoms with Crippen LogP contribution >= 0.6 is 0 Å². The van der Waals surface area contributed by atoms with E-state index in [0.29, 0.717) is 33.9 Å². The van der Waals surface area contributed by atoms with Gasteiger partial charge >= 0.3 is 0 Å². The zero-order valence-corrected chi connectivity index (χ0v) is 18.2. The first-order valence-electron chi connectivity index (χ1n) is 9.88. The SMILES string of the molecule is COc1cc2c(cc1OC)C(C(=O)c1ccc3c(c1)C=CC(C)(C)O3)=CC(C)(C)O2. The fourth-order valence-electron chi connectivity index (χ4n) is 3.76. The lowest BCUT2D eigenvalue weighted by molar-refractivity contribution is 0.104. The van der Waals surface area contributed by atoms with Crippen LogP contribution in [-0.2, 0) is 0 Å². The van der Waals surface area contributed by atoms with Gasteiger partial charge in [0.05, 0.1) is 14.2 Å². The third-order valence-corrected chi connectivity index (χ3v) is 5.19. The highest BCUT2D eigenvalue weighted by atomic mass is 16.5. The molecule has 0 saturated heterocycles. The highest BCUT2D eigenvalue weighted by molar-refractivity contribution is 6.30. The van der Waals surface area contributed by atoms with Crippen molar-refractivity contribution >= 4 is 17.4 Å². The second-order valence-corrected chi connectivity index (χ2v) is 8.59. The third-order valence-electron chi connectivity index (χ3n) is 5.19. The average Bonchev–Trinajstić information content (AvgIpc) is 2.70. The molecule has 2 heterocycles. The van der Waals surface area contributed by atoms with E-state index < -0.39 is 5.60 Å². The molecule has 0 aliphatic carbocycles. The van der Waals surface area contributed by atoms with E-state index >= 15 is 0 Å². The Kier molecular flexibility index (Phi) is 4.64. The Morgan fingerprint density at radius 1 is 0.867 bits per heavy atom. The molecule has 156 valence electrons. The first-order valence-corrected chi connectivity index (χ1v) is 9.88. The van der Waals surface area contributed by atoms with Gasteiger partial charge in [0.2, 0.25) is 0 Å². The largest absolute Gasteiger partial charge is 0.493 e. The van der Waals surface area contributed by atoms with Crippen LogP contribution in [0.25, 0.3) is 11.6 Å². The Hall–Kier alpha value is -3.21. The van der Waals surface area contributed by atoms with Crippen LogP contribution in [0.15, 0.2) is 42.5 Å². The minimum absolute atomic E-state index is 0.0825. The van der Waals surface area contributed by atoms with E-state index in [-0.39, 0.29) is 11.4 Å². The summed E-state index contributed by atoms with van der Waals surface area (Å²) in [6, 6.07) is 9.08. The third kappa shape index (κ3) is 3.56. The summed E-state index contributed by atoms with van der Waals surface area (Å²) in [5.41, 5.74) is 1.73. The Bertz CT molecular complexity index is 1090. The van der Waals surface area contributed by atoms with Crippen molar-refractivity contribution in [1.82, 2.24) is 0 Å². The molecule has 4 rings (SSSR count). The highest BCUT2D eigenvalue weighted by Gasteiger charge is 2.32. The van der Waals surface area contributed by atoms with Gasteiger partial charge in [-0.05, 0) is 64.1 Å². The van der Waals surface area contributed by atoms with Crippen molar-refractivity contribution < 1.29 is 23.7 Å². The summed E-state index contributed by atoms with van der Waals surface area (Å²) in [5, 5.41) is 0. The Labute approximate surface area is 176 Å². The number of ketones is 1. The zero-order valence-electron chi connectivity index (χ0n) is 18.2. The molecule has 0 aromatic heterocycles. The fourth-order valence-corrected chi connectivity index (χ4v) is 3.76. The Morgan fingerprint density at radius 3 is 2.23 bits per heavy atom. The van der Waals surface area contributed by atoms with E-state index in [1.165, 1.54) is 0 Å². The average molecular weight is 406 g/mol. The van der Waals surface area contributed by atoms with Gasteiger partial charge in [-0.3, -0.25) is 4.79 Å². The molecule has 0 spiro atoms. The van der Waals surface area contributed by atoms with Crippen molar-refractivity contribution in [2.75, 3.05) is 14.2 Å². The number of carbonyl (C=O) groups excluding carboxylic acids is 1. The molecule has 2 aliphatic rings. The number of benzene rings is 2. The minimum Gasteiger partial charge on any atom is -0.493 e. The number of Topliss-reactive ketones (excluding diaryl/α,β-unsaturated/α-hetero) is 1. The summed E-state index contributed by atoms with van der Waals surface area (Å²) in [7, 11) is 3.14. The molecule has 2 aromatic carbocycles. The van der Waals surface area contributed by atoms with Crippen LogP contribution in [-0.4, -0.2) is 31.2 Å². The van der Waals surface area contributed by atoms with Gasteiger partial charge in [0.15, 0.2) is 17.3 Å². The number of ether oxygens (including phenoxy) is 4. The Morgan fingerprint density at radius 2 is 1.53 bits per heavy atom. The van der Waals surface area contributed by atoms with Crippen LogP contribution in [0, 0.1) is 0 Å². The van der Waals surface area contributed by atoms with Crippen molar-refractivity contribution in [3.05, 3.63) is 59.2 Å².